The van der Waals surface area contributed by atoms with E-state index in [0.717, 1.165) is 0 Å². The van der Waals surface area contributed by atoms with Gasteiger partial charge >= 0.3 is 0 Å². The molecule has 2 aliphatic heterocycles. The molecular weight excluding hydrogens is 244 g/mol. The summed E-state index contributed by atoms with van der Waals surface area (Å²) in [4.78, 5) is 18.2. The number of ether oxygens (including phenoxy) is 1. The highest BCUT2D eigenvalue weighted by molar-refractivity contribution is 5.88. The molecule has 0 aromatic heterocycles. The molecule has 6 nitrogen and oxygen atoms in total. The molecule has 2 rings (SSSR count). The number of hydrogen-bond donors (Lipinski definition) is 0. The van der Waals surface area contributed by atoms with E-state index in [-0.39, 0.29) is 17.4 Å². The molecule has 1 unspecified atom stereocenters. The van der Waals surface area contributed by atoms with Gasteiger partial charge in [0.05, 0.1) is 12.7 Å². The largest absolute Gasteiger partial charge is 0.374 e. The first-order chi connectivity index (χ1) is 8.97. The number of amides is 1. The lowest BCUT2D eigenvalue weighted by Gasteiger charge is -2.39. The number of hydrogen-bond acceptors (Lipinski definition) is 5. The van der Waals surface area contributed by atoms with Crippen LogP contribution in [0.5, 0.6) is 0 Å². The summed E-state index contributed by atoms with van der Waals surface area (Å²) in [6.07, 6.45) is 1.14. The molecule has 106 valence electrons. The zero-order chi connectivity index (χ0) is 13.9. The highest BCUT2D eigenvalue weighted by Gasteiger charge is 2.32. The fourth-order valence-electron chi connectivity index (χ4n) is 2.16. The highest BCUT2D eigenvalue weighted by Crippen LogP contribution is 2.25. The molecule has 0 aromatic rings. The lowest BCUT2D eigenvalue weighted by atomic mass is 9.88. The van der Waals surface area contributed by atoms with Crippen molar-refractivity contribution in [3.8, 4) is 0 Å². The van der Waals surface area contributed by atoms with Crippen LogP contribution in [0.4, 0.5) is 0 Å². The van der Waals surface area contributed by atoms with Crippen molar-refractivity contribution < 1.29 is 9.53 Å². The molecule has 6 heteroatoms. The molecule has 1 atom stereocenters. The molecule has 2 heterocycles. The summed E-state index contributed by atoms with van der Waals surface area (Å²) in [5.41, 5.74) is 0.0582. The van der Waals surface area contributed by atoms with Gasteiger partial charge in [-0.05, 0) is 5.41 Å². The number of amidine groups is 1. The maximum atomic E-state index is 12.2. The Morgan fingerprint density at radius 1 is 1.47 bits per heavy atom. The minimum absolute atomic E-state index is 0.0582. The Balaban J connectivity index is 1.83. The van der Waals surface area contributed by atoms with Crippen LogP contribution >= 0.6 is 0 Å². The van der Waals surface area contributed by atoms with Gasteiger partial charge in [0.25, 0.3) is 0 Å². The predicted octanol–water partition coefficient (Wildman–Crippen LogP) is 1.86. The van der Waals surface area contributed by atoms with E-state index in [1.807, 2.05) is 4.90 Å². The Hall–Kier alpha value is -1.30. The Morgan fingerprint density at radius 3 is 2.89 bits per heavy atom. The van der Waals surface area contributed by atoms with Crippen LogP contribution in [0, 0.1) is 5.41 Å². The lowest BCUT2D eigenvalue weighted by Crippen LogP contribution is -2.50. The van der Waals surface area contributed by atoms with Crippen LogP contribution in [0.1, 0.15) is 33.6 Å². The van der Waals surface area contributed by atoms with Crippen molar-refractivity contribution in [2.45, 2.75) is 39.7 Å². The third kappa shape index (κ3) is 3.83. The van der Waals surface area contributed by atoms with Crippen molar-refractivity contribution in [1.29, 1.82) is 0 Å². The van der Waals surface area contributed by atoms with E-state index in [9.17, 15) is 4.79 Å². The van der Waals surface area contributed by atoms with Gasteiger partial charge in [-0.3, -0.25) is 4.79 Å². The predicted molar refractivity (Wildman–Crippen MR) is 72.2 cm³/mol. The van der Waals surface area contributed by atoms with Crippen molar-refractivity contribution in [3.05, 3.63) is 0 Å². The Labute approximate surface area is 113 Å². The Kier molecular flexibility index (Phi) is 4.29. The van der Waals surface area contributed by atoms with E-state index >= 15 is 0 Å². The fraction of sp³-hybridized carbons (Fsp3) is 0.846. The number of rotatable bonds is 3. The standard InChI is InChI=1S/C13H22N4O2/c1-13(2,3)10-8-17(6-7-19-10)12(18)5-4-11-14-9-15-16-11/h10H,4-9H2,1-3H3. The van der Waals surface area contributed by atoms with Crippen LogP contribution < -0.4 is 0 Å². The summed E-state index contributed by atoms with van der Waals surface area (Å²) in [5.74, 6) is 0.844. The van der Waals surface area contributed by atoms with Gasteiger partial charge in [0.1, 0.15) is 5.84 Å². The Morgan fingerprint density at radius 2 is 2.26 bits per heavy atom. The number of carbonyl (C=O) groups excluding carboxylic acids is 1. The number of carbonyl (C=O) groups is 1. The summed E-state index contributed by atoms with van der Waals surface area (Å²) >= 11 is 0. The molecular formula is C13H22N4O2. The first-order valence-electron chi connectivity index (χ1n) is 6.77. The third-order valence-electron chi connectivity index (χ3n) is 3.45. The lowest BCUT2D eigenvalue weighted by molar-refractivity contribution is -0.143. The smallest absolute Gasteiger partial charge is 0.223 e. The second-order valence-corrected chi connectivity index (χ2v) is 6.02. The summed E-state index contributed by atoms with van der Waals surface area (Å²) < 4.78 is 5.75. The minimum atomic E-state index is 0.0582. The molecule has 0 spiro atoms. The van der Waals surface area contributed by atoms with Crippen LogP contribution in [-0.2, 0) is 9.53 Å². The van der Waals surface area contributed by atoms with Crippen molar-refractivity contribution in [1.82, 2.24) is 4.90 Å². The van der Waals surface area contributed by atoms with E-state index in [1.54, 1.807) is 0 Å². The summed E-state index contributed by atoms with van der Waals surface area (Å²) in [6.45, 7) is 8.80. The zero-order valence-electron chi connectivity index (χ0n) is 11.9. The second-order valence-electron chi connectivity index (χ2n) is 6.02. The van der Waals surface area contributed by atoms with Gasteiger partial charge in [-0.2, -0.15) is 5.11 Å². The number of nitrogens with zero attached hydrogens (tertiary/aromatic N) is 4. The SMILES string of the molecule is CC(C)(C)C1CN(C(=O)CCC2=NCN=N2)CCO1. The van der Waals surface area contributed by atoms with Crippen molar-refractivity contribution in [3.63, 3.8) is 0 Å². The molecule has 1 amide bonds. The quantitative estimate of drug-likeness (QED) is 0.782. The maximum absolute atomic E-state index is 12.2. The molecule has 0 aromatic carbocycles. The van der Waals surface area contributed by atoms with Gasteiger partial charge in [-0.25, -0.2) is 4.99 Å². The van der Waals surface area contributed by atoms with Crippen molar-refractivity contribution in [2.75, 3.05) is 26.4 Å². The maximum Gasteiger partial charge on any atom is 0.223 e. The third-order valence-corrected chi connectivity index (χ3v) is 3.45. The van der Waals surface area contributed by atoms with Gasteiger partial charge in [0, 0.05) is 25.9 Å². The van der Waals surface area contributed by atoms with Gasteiger partial charge in [-0.1, -0.05) is 20.8 Å². The van der Waals surface area contributed by atoms with E-state index in [4.69, 9.17) is 4.74 Å². The Bertz CT molecular complexity index is 398. The van der Waals surface area contributed by atoms with Crippen LogP contribution in [0.2, 0.25) is 0 Å². The second kappa shape index (κ2) is 5.77. The van der Waals surface area contributed by atoms with Gasteiger partial charge < -0.3 is 9.64 Å². The van der Waals surface area contributed by atoms with E-state index < -0.39 is 0 Å². The van der Waals surface area contributed by atoms with Crippen LogP contribution in [0.25, 0.3) is 0 Å². The topological polar surface area (TPSA) is 66.6 Å². The summed E-state index contributed by atoms with van der Waals surface area (Å²) in [5, 5.41) is 7.66. The molecule has 0 aliphatic carbocycles. The van der Waals surface area contributed by atoms with Crippen molar-refractivity contribution >= 4 is 11.7 Å². The van der Waals surface area contributed by atoms with Crippen LogP contribution in [0.15, 0.2) is 15.2 Å². The molecule has 2 aliphatic rings. The highest BCUT2D eigenvalue weighted by atomic mass is 16.5. The van der Waals surface area contributed by atoms with E-state index in [2.05, 4.69) is 36.0 Å². The van der Waals surface area contributed by atoms with Gasteiger partial charge in [0.15, 0.2) is 6.67 Å². The van der Waals surface area contributed by atoms with Crippen molar-refractivity contribution in [2.24, 2.45) is 20.6 Å². The number of aliphatic imine (C=N–C) groups is 1. The van der Waals surface area contributed by atoms with Gasteiger partial charge in [-0.15, -0.1) is 5.11 Å². The molecule has 1 fully saturated rings. The normalized spacial score (nSPS) is 23.6. The van der Waals surface area contributed by atoms with Crippen LogP contribution in [0.3, 0.4) is 0 Å². The molecule has 0 saturated carbocycles. The van der Waals surface area contributed by atoms with Crippen LogP contribution in [-0.4, -0.2) is 49.1 Å². The molecule has 0 radical (unpaired) electrons. The average molecular weight is 266 g/mol. The summed E-state index contributed by atoms with van der Waals surface area (Å²) in [6, 6.07) is 0. The number of morpholine rings is 1. The van der Waals surface area contributed by atoms with E-state index in [1.165, 1.54) is 0 Å². The molecule has 19 heavy (non-hydrogen) atoms. The summed E-state index contributed by atoms with van der Waals surface area (Å²) in [7, 11) is 0. The molecule has 0 bridgehead atoms. The molecule has 0 N–H and O–H groups in total. The molecule has 1 saturated heterocycles. The zero-order valence-corrected chi connectivity index (χ0v) is 11.9. The average Bonchev–Trinajstić information content (AvgIpc) is 2.88. The minimum Gasteiger partial charge on any atom is -0.374 e. The first kappa shape index (κ1) is 14.1. The van der Waals surface area contributed by atoms with Gasteiger partial charge in [0.2, 0.25) is 5.91 Å². The number of azo groups is 1. The fourth-order valence-corrected chi connectivity index (χ4v) is 2.16. The monoisotopic (exact) mass is 266 g/mol. The van der Waals surface area contributed by atoms with E-state index in [0.29, 0.717) is 45.0 Å². The first-order valence-corrected chi connectivity index (χ1v) is 6.77.